The van der Waals surface area contributed by atoms with E-state index >= 15 is 0 Å². The Kier molecular flexibility index (Phi) is 11.5. The molecule has 0 aromatic heterocycles. The molecule has 36 heavy (non-hydrogen) atoms. The van der Waals surface area contributed by atoms with Crippen LogP contribution in [0.5, 0.6) is 5.75 Å². The molecule has 2 aromatic carbocycles. The Morgan fingerprint density at radius 2 is 1.56 bits per heavy atom. The molecule has 2 atom stereocenters. The van der Waals surface area contributed by atoms with E-state index in [1.54, 1.807) is 7.11 Å². The van der Waals surface area contributed by atoms with E-state index in [9.17, 15) is 0 Å². The molecule has 0 aliphatic rings. The molecule has 0 heterocycles. The van der Waals surface area contributed by atoms with Crippen molar-refractivity contribution in [3.63, 3.8) is 0 Å². The van der Waals surface area contributed by atoms with Crippen LogP contribution in [0, 0.1) is 6.92 Å². The zero-order valence-electron chi connectivity index (χ0n) is 24.7. The molecule has 0 radical (unpaired) electrons. The summed E-state index contributed by atoms with van der Waals surface area (Å²) in [4.78, 5) is 0. The molecule has 0 bridgehead atoms. The minimum atomic E-state index is -0.0236. The van der Waals surface area contributed by atoms with E-state index in [4.69, 9.17) is 9.47 Å². The summed E-state index contributed by atoms with van der Waals surface area (Å²) in [5.74, 6) is 1.04. The van der Waals surface area contributed by atoms with Gasteiger partial charge in [-0.3, -0.25) is 0 Å². The van der Waals surface area contributed by atoms with E-state index in [1.165, 1.54) is 40.4 Å². The van der Waals surface area contributed by atoms with E-state index in [0.717, 1.165) is 31.6 Å². The van der Waals surface area contributed by atoms with Crippen molar-refractivity contribution in [1.29, 1.82) is 0 Å². The first-order chi connectivity index (χ1) is 16.9. The second-order valence-corrected chi connectivity index (χ2v) is 14.1. The number of rotatable bonds is 13. The van der Waals surface area contributed by atoms with Crippen molar-refractivity contribution in [3.05, 3.63) is 58.7 Å². The Morgan fingerprint density at radius 3 is 2.14 bits per heavy atom. The third kappa shape index (κ3) is 8.57. The molecule has 0 aliphatic heterocycles. The van der Waals surface area contributed by atoms with Gasteiger partial charge in [0, 0.05) is 35.5 Å². The molecule has 0 fully saturated rings. The predicted molar refractivity (Wildman–Crippen MR) is 159 cm³/mol. The summed E-state index contributed by atoms with van der Waals surface area (Å²) in [5.41, 5.74) is 5.42. The molecule has 0 amide bonds. The average Bonchev–Trinajstić information content (AvgIpc) is 2.79. The van der Waals surface area contributed by atoms with Crippen LogP contribution in [0.25, 0.3) is 0 Å². The van der Waals surface area contributed by atoms with Crippen molar-refractivity contribution in [3.8, 4) is 5.75 Å². The van der Waals surface area contributed by atoms with E-state index in [0.29, 0.717) is 8.58 Å². The Balaban J connectivity index is 2.75. The summed E-state index contributed by atoms with van der Waals surface area (Å²) in [7, 11) is 2.38. The monoisotopic (exact) mass is 513 g/mol. The Morgan fingerprint density at radius 1 is 0.889 bits per heavy atom. The van der Waals surface area contributed by atoms with Crippen LogP contribution in [0.3, 0.4) is 0 Å². The molecule has 2 rings (SSSR count). The Bertz CT molecular complexity index is 958. The molecule has 4 heteroatoms. The minimum absolute atomic E-state index is 0.0236. The maximum atomic E-state index is 6.46. The van der Waals surface area contributed by atoms with Crippen molar-refractivity contribution in [1.82, 2.24) is 5.32 Å². The standard InChI is InChI=1S/C32H52NO2P/c1-11-13-19-32(18-12-2,36-28-17-15-14-16-25(28)22-33-31(7,8)9)27-21-24(3)20-26(30(4,5)6)29(27)35-23-34-10/h14-17,20-21,33,36H,11-13,18-19,22-23H2,1-10H3. The first-order valence-corrected chi connectivity index (χ1v) is 14.8. The average molecular weight is 514 g/mol. The number of hydrogen-bond donors (Lipinski definition) is 1. The van der Waals surface area contributed by atoms with Gasteiger partial charge in [-0.1, -0.05) is 104 Å². The van der Waals surface area contributed by atoms with Gasteiger partial charge in [0.2, 0.25) is 0 Å². The fourth-order valence-electron chi connectivity index (χ4n) is 4.87. The number of unbranched alkanes of at least 4 members (excludes halogenated alkanes) is 1. The number of nitrogens with one attached hydrogen (secondary N) is 1. The molecular formula is C32H52NO2P. The molecular weight excluding hydrogens is 461 g/mol. The van der Waals surface area contributed by atoms with Gasteiger partial charge < -0.3 is 14.8 Å². The molecule has 0 spiro atoms. The summed E-state index contributed by atoms with van der Waals surface area (Å²) >= 11 is 0. The summed E-state index contributed by atoms with van der Waals surface area (Å²) < 4.78 is 11.9. The third-order valence-corrected chi connectivity index (χ3v) is 8.72. The van der Waals surface area contributed by atoms with Crippen molar-refractivity contribution >= 4 is 13.9 Å². The van der Waals surface area contributed by atoms with Gasteiger partial charge in [0.25, 0.3) is 0 Å². The lowest BCUT2D eigenvalue weighted by Gasteiger charge is -2.39. The first kappa shape index (κ1) is 30.8. The molecule has 0 aliphatic carbocycles. The van der Waals surface area contributed by atoms with Crippen LogP contribution in [0.15, 0.2) is 36.4 Å². The molecule has 3 nitrogen and oxygen atoms in total. The van der Waals surface area contributed by atoms with Crippen molar-refractivity contribution in [2.24, 2.45) is 0 Å². The van der Waals surface area contributed by atoms with Gasteiger partial charge in [-0.15, -0.1) is 0 Å². The summed E-state index contributed by atoms with van der Waals surface area (Å²) in [5, 5.41) is 5.21. The van der Waals surface area contributed by atoms with Crippen LogP contribution in [-0.4, -0.2) is 19.4 Å². The van der Waals surface area contributed by atoms with Crippen LogP contribution in [0.2, 0.25) is 0 Å². The number of ether oxygens (including phenoxy) is 2. The zero-order chi connectivity index (χ0) is 27.0. The highest BCUT2D eigenvalue weighted by atomic mass is 31.1. The Hall–Kier alpha value is -1.41. The van der Waals surface area contributed by atoms with E-state index < -0.39 is 0 Å². The second-order valence-electron chi connectivity index (χ2n) is 12.3. The van der Waals surface area contributed by atoms with Crippen LogP contribution < -0.4 is 15.4 Å². The zero-order valence-corrected chi connectivity index (χ0v) is 25.7. The van der Waals surface area contributed by atoms with Crippen LogP contribution in [0.4, 0.5) is 0 Å². The molecule has 1 N–H and O–H groups in total. The Labute approximate surface area is 223 Å². The maximum absolute atomic E-state index is 6.46. The van der Waals surface area contributed by atoms with Crippen molar-refractivity contribution in [2.45, 2.75) is 117 Å². The van der Waals surface area contributed by atoms with Gasteiger partial charge in [0.05, 0.1) is 0 Å². The smallest absolute Gasteiger partial charge is 0.188 e. The van der Waals surface area contributed by atoms with Crippen molar-refractivity contribution in [2.75, 3.05) is 13.9 Å². The number of aryl methyl sites for hydroxylation is 1. The lowest BCUT2D eigenvalue weighted by atomic mass is 9.79. The molecule has 0 saturated heterocycles. The second kappa shape index (κ2) is 13.4. The summed E-state index contributed by atoms with van der Waals surface area (Å²) in [6, 6.07) is 13.8. The van der Waals surface area contributed by atoms with E-state index in [2.05, 4.69) is 104 Å². The number of hydrogen-bond acceptors (Lipinski definition) is 3. The van der Waals surface area contributed by atoms with Crippen LogP contribution in [-0.2, 0) is 21.9 Å². The van der Waals surface area contributed by atoms with Gasteiger partial charge >= 0.3 is 0 Å². The highest BCUT2D eigenvalue weighted by Gasteiger charge is 2.37. The van der Waals surface area contributed by atoms with Crippen LogP contribution >= 0.6 is 8.58 Å². The number of methoxy groups -OCH3 is 1. The first-order valence-electron chi connectivity index (χ1n) is 13.8. The van der Waals surface area contributed by atoms with Gasteiger partial charge in [-0.05, 0) is 56.8 Å². The topological polar surface area (TPSA) is 30.5 Å². The van der Waals surface area contributed by atoms with Crippen molar-refractivity contribution < 1.29 is 9.47 Å². The maximum Gasteiger partial charge on any atom is 0.188 e. The lowest BCUT2D eigenvalue weighted by molar-refractivity contribution is 0.0485. The third-order valence-electron chi connectivity index (χ3n) is 6.71. The van der Waals surface area contributed by atoms with Gasteiger partial charge in [-0.25, -0.2) is 0 Å². The minimum Gasteiger partial charge on any atom is -0.467 e. The normalized spacial score (nSPS) is 14.4. The summed E-state index contributed by atoms with van der Waals surface area (Å²) in [6.07, 6.45) is 5.84. The van der Waals surface area contributed by atoms with Crippen LogP contribution in [0.1, 0.15) is 110 Å². The molecule has 2 unspecified atom stereocenters. The van der Waals surface area contributed by atoms with Gasteiger partial charge in [0.1, 0.15) is 5.75 Å². The molecule has 0 saturated carbocycles. The van der Waals surface area contributed by atoms with E-state index in [-0.39, 0.29) is 22.9 Å². The van der Waals surface area contributed by atoms with Gasteiger partial charge in [-0.2, -0.15) is 0 Å². The lowest BCUT2D eigenvalue weighted by Crippen LogP contribution is -2.36. The summed E-state index contributed by atoms with van der Waals surface area (Å²) in [6.45, 7) is 21.6. The highest BCUT2D eigenvalue weighted by Crippen LogP contribution is 2.54. The fourth-order valence-corrected chi connectivity index (χ4v) is 6.89. The fraction of sp³-hybridized carbons (Fsp3) is 0.625. The largest absolute Gasteiger partial charge is 0.467 e. The number of benzene rings is 2. The van der Waals surface area contributed by atoms with E-state index in [1.807, 2.05) is 0 Å². The quantitative estimate of drug-likeness (QED) is 0.216. The van der Waals surface area contributed by atoms with Gasteiger partial charge in [0.15, 0.2) is 6.79 Å². The highest BCUT2D eigenvalue weighted by molar-refractivity contribution is 7.48. The molecule has 202 valence electrons. The SMILES string of the molecule is CCCCC(CCC)(Pc1ccccc1CNC(C)(C)C)c1cc(C)cc(C(C)(C)C)c1OCOC. The predicted octanol–water partition coefficient (Wildman–Crippen LogP) is 8.35. The molecule has 2 aromatic rings.